The largest absolute Gasteiger partial charge is 0.316 e. The van der Waals surface area contributed by atoms with E-state index >= 15 is 0 Å². The van der Waals surface area contributed by atoms with E-state index in [4.69, 9.17) is 0 Å². The lowest BCUT2D eigenvalue weighted by Gasteiger charge is -2.25. The third kappa shape index (κ3) is 3.40. The van der Waals surface area contributed by atoms with Gasteiger partial charge in [0, 0.05) is 25.1 Å². The van der Waals surface area contributed by atoms with Crippen LogP contribution in [0.5, 0.6) is 0 Å². The van der Waals surface area contributed by atoms with E-state index in [9.17, 15) is 4.39 Å². The van der Waals surface area contributed by atoms with E-state index in [-0.39, 0.29) is 5.92 Å². The van der Waals surface area contributed by atoms with Crippen molar-refractivity contribution in [2.45, 2.75) is 63.6 Å². The van der Waals surface area contributed by atoms with Crippen LogP contribution >= 0.6 is 0 Å². The zero-order valence-electron chi connectivity index (χ0n) is 12.2. The SMILES string of the molecule is FC(Cc1ccn(C2CCCCC2)n1)C1CCCNC1. The maximum Gasteiger partial charge on any atom is 0.110 e. The highest BCUT2D eigenvalue weighted by atomic mass is 19.1. The summed E-state index contributed by atoms with van der Waals surface area (Å²) in [7, 11) is 0. The van der Waals surface area contributed by atoms with Crippen molar-refractivity contribution < 1.29 is 4.39 Å². The van der Waals surface area contributed by atoms with E-state index in [1.54, 1.807) is 0 Å². The highest BCUT2D eigenvalue weighted by Crippen LogP contribution is 2.28. The monoisotopic (exact) mass is 279 g/mol. The Hall–Kier alpha value is -0.900. The van der Waals surface area contributed by atoms with Crippen LogP contribution < -0.4 is 5.32 Å². The van der Waals surface area contributed by atoms with Crippen LogP contribution in [-0.4, -0.2) is 29.0 Å². The van der Waals surface area contributed by atoms with Crippen molar-refractivity contribution in [3.05, 3.63) is 18.0 Å². The molecular formula is C16H26FN3. The molecule has 2 atom stereocenters. The Bertz CT molecular complexity index is 406. The molecule has 0 bridgehead atoms. The van der Waals surface area contributed by atoms with E-state index in [0.717, 1.165) is 31.6 Å². The van der Waals surface area contributed by atoms with Gasteiger partial charge in [0.2, 0.25) is 0 Å². The second-order valence-electron chi connectivity index (χ2n) is 6.41. The fourth-order valence-electron chi connectivity index (χ4n) is 3.59. The van der Waals surface area contributed by atoms with Gasteiger partial charge in [0.25, 0.3) is 0 Å². The second kappa shape index (κ2) is 6.70. The summed E-state index contributed by atoms with van der Waals surface area (Å²) < 4.78 is 16.4. The van der Waals surface area contributed by atoms with Gasteiger partial charge in [-0.1, -0.05) is 19.3 Å². The van der Waals surface area contributed by atoms with Crippen LogP contribution in [-0.2, 0) is 6.42 Å². The Morgan fingerprint density at radius 3 is 2.85 bits per heavy atom. The predicted octanol–water partition coefficient (Wildman–Crippen LogP) is 3.27. The van der Waals surface area contributed by atoms with Gasteiger partial charge in [0.15, 0.2) is 0 Å². The average molecular weight is 279 g/mol. The van der Waals surface area contributed by atoms with E-state index in [2.05, 4.69) is 21.3 Å². The Morgan fingerprint density at radius 1 is 1.25 bits per heavy atom. The molecule has 2 aliphatic rings. The third-order valence-corrected chi connectivity index (χ3v) is 4.86. The van der Waals surface area contributed by atoms with E-state index in [1.807, 2.05) is 6.07 Å². The first-order valence-corrected chi connectivity index (χ1v) is 8.22. The first-order chi connectivity index (χ1) is 9.83. The number of hydrogen-bond donors (Lipinski definition) is 1. The van der Waals surface area contributed by atoms with Crippen molar-refractivity contribution in [2.24, 2.45) is 5.92 Å². The molecule has 0 spiro atoms. The van der Waals surface area contributed by atoms with Gasteiger partial charge in [0.05, 0.1) is 11.7 Å². The molecule has 3 rings (SSSR count). The molecular weight excluding hydrogens is 253 g/mol. The van der Waals surface area contributed by atoms with Crippen molar-refractivity contribution in [2.75, 3.05) is 13.1 Å². The molecule has 1 aromatic heterocycles. The number of nitrogens with zero attached hydrogens (tertiary/aromatic N) is 2. The molecule has 4 heteroatoms. The molecule has 0 aromatic carbocycles. The van der Waals surface area contributed by atoms with Crippen molar-refractivity contribution in [1.29, 1.82) is 0 Å². The van der Waals surface area contributed by atoms with Crippen LogP contribution in [0.25, 0.3) is 0 Å². The lowest BCUT2D eigenvalue weighted by molar-refractivity contribution is 0.189. The maximum atomic E-state index is 14.3. The van der Waals surface area contributed by atoms with Gasteiger partial charge in [-0.25, -0.2) is 4.39 Å². The van der Waals surface area contributed by atoms with Gasteiger partial charge < -0.3 is 5.32 Å². The van der Waals surface area contributed by atoms with Gasteiger partial charge >= 0.3 is 0 Å². The Labute approximate surface area is 120 Å². The quantitative estimate of drug-likeness (QED) is 0.916. The second-order valence-corrected chi connectivity index (χ2v) is 6.41. The average Bonchev–Trinajstić information content (AvgIpc) is 2.97. The Morgan fingerprint density at radius 2 is 2.10 bits per heavy atom. The summed E-state index contributed by atoms with van der Waals surface area (Å²) in [5, 5.41) is 7.92. The molecule has 0 radical (unpaired) electrons. The smallest absolute Gasteiger partial charge is 0.110 e. The number of rotatable bonds is 4. The summed E-state index contributed by atoms with van der Waals surface area (Å²) in [6.07, 6.45) is 10.3. The summed E-state index contributed by atoms with van der Waals surface area (Å²) in [4.78, 5) is 0. The summed E-state index contributed by atoms with van der Waals surface area (Å²) in [5.41, 5.74) is 0.925. The fraction of sp³-hybridized carbons (Fsp3) is 0.812. The van der Waals surface area contributed by atoms with Gasteiger partial charge in [-0.3, -0.25) is 4.68 Å². The van der Waals surface area contributed by atoms with Gasteiger partial charge in [0.1, 0.15) is 6.17 Å². The predicted molar refractivity (Wildman–Crippen MR) is 78.5 cm³/mol. The van der Waals surface area contributed by atoms with Crippen molar-refractivity contribution in [3.8, 4) is 0 Å². The van der Waals surface area contributed by atoms with Crippen LogP contribution in [0, 0.1) is 5.92 Å². The topological polar surface area (TPSA) is 29.9 Å². The fourth-order valence-corrected chi connectivity index (χ4v) is 3.59. The van der Waals surface area contributed by atoms with Gasteiger partial charge in [-0.2, -0.15) is 5.10 Å². The van der Waals surface area contributed by atoms with Gasteiger partial charge in [-0.05, 0) is 38.3 Å². The molecule has 2 unspecified atom stereocenters. The number of piperidine rings is 1. The summed E-state index contributed by atoms with van der Waals surface area (Å²) in [6.45, 7) is 1.87. The molecule has 1 aliphatic carbocycles. The van der Waals surface area contributed by atoms with Crippen molar-refractivity contribution in [3.63, 3.8) is 0 Å². The number of alkyl halides is 1. The van der Waals surface area contributed by atoms with E-state index in [0.29, 0.717) is 12.5 Å². The normalized spacial score (nSPS) is 26.6. The molecule has 20 heavy (non-hydrogen) atoms. The van der Waals surface area contributed by atoms with E-state index < -0.39 is 6.17 Å². The highest BCUT2D eigenvalue weighted by molar-refractivity contribution is 5.02. The molecule has 1 N–H and O–H groups in total. The van der Waals surface area contributed by atoms with Crippen LogP contribution in [0.2, 0.25) is 0 Å². The van der Waals surface area contributed by atoms with Crippen LogP contribution in [0.1, 0.15) is 56.7 Å². The first kappa shape index (κ1) is 14.1. The molecule has 2 heterocycles. The third-order valence-electron chi connectivity index (χ3n) is 4.86. The minimum Gasteiger partial charge on any atom is -0.316 e. The van der Waals surface area contributed by atoms with Gasteiger partial charge in [-0.15, -0.1) is 0 Å². The number of halogens is 1. The zero-order valence-corrected chi connectivity index (χ0v) is 12.2. The van der Waals surface area contributed by atoms with Crippen LogP contribution in [0.15, 0.2) is 12.3 Å². The standard InChI is InChI=1S/C16H26FN3/c17-16(13-5-4-9-18-12-13)11-14-8-10-20(19-14)15-6-2-1-3-7-15/h8,10,13,15-16,18H,1-7,9,11-12H2. The lowest BCUT2D eigenvalue weighted by Crippen LogP contribution is -2.35. The van der Waals surface area contributed by atoms with E-state index in [1.165, 1.54) is 32.1 Å². The number of aromatic nitrogens is 2. The Kier molecular flexibility index (Phi) is 4.71. The maximum absolute atomic E-state index is 14.3. The van der Waals surface area contributed by atoms with Crippen molar-refractivity contribution in [1.82, 2.24) is 15.1 Å². The summed E-state index contributed by atoms with van der Waals surface area (Å²) in [6, 6.07) is 2.56. The molecule has 1 saturated carbocycles. The lowest BCUT2D eigenvalue weighted by atomic mass is 9.92. The molecule has 1 saturated heterocycles. The molecule has 1 aliphatic heterocycles. The molecule has 0 amide bonds. The number of nitrogens with one attached hydrogen (secondary N) is 1. The first-order valence-electron chi connectivity index (χ1n) is 8.22. The molecule has 1 aromatic rings. The highest BCUT2D eigenvalue weighted by Gasteiger charge is 2.24. The van der Waals surface area contributed by atoms with Crippen LogP contribution in [0.3, 0.4) is 0 Å². The van der Waals surface area contributed by atoms with Crippen molar-refractivity contribution >= 4 is 0 Å². The Balaban J connectivity index is 1.56. The zero-order chi connectivity index (χ0) is 13.8. The summed E-state index contributed by atoms with van der Waals surface area (Å²) >= 11 is 0. The molecule has 2 fully saturated rings. The minimum absolute atomic E-state index is 0.170. The molecule has 3 nitrogen and oxygen atoms in total. The summed E-state index contributed by atoms with van der Waals surface area (Å²) in [5.74, 6) is 0.170. The number of hydrogen-bond acceptors (Lipinski definition) is 2. The molecule has 112 valence electrons. The minimum atomic E-state index is -0.752. The van der Waals surface area contributed by atoms with Crippen LogP contribution in [0.4, 0.5) is 4.39 Å².